The maximum atomic E-state index is 13.6. The SMILES string of the molecule is CCc1c(Cc2ccc(Cl)cc2C(F)(F)F)oc2cc(C(=O)NCc3ccc(S(=O)(=O)CC)cc3C#N)ccc12. The van der Waals surface area contributed by atoms with Gasteiger partial charge < -0.3 is 9.73 Å². The van der Waals surface area contributed by atoms with Crippen molar-refractivity contribution < 1.29 is 30.8 Å². The van der Waals surface area contributed by atoms with Gasteiger partial charge in [0.25, 0.3) is 5.91 Å². The number of alkyl halides is 3. The summed E-state index contributed by atoms with van der Waals surface area (Å²) in [5.74, 6) is -0.207. The Balaban J connectivity index is 1.59. The van der Waals surface area contributed by atoms with Crippen molar-refractivity contribution in [2.45, 2.75) is 44.3 Å². The fourth-order valence-corrected chi connectivity index (χ4v) is 5.54. The second-order valence-corrected chi connectivity index (χ2v) is 11.8. The minimum Gasteiger partial charge on any atom is -0.460 e. The quantitative estimate of drug-likeness (QED) is 0.242. The Labute approximate surface area is 234 Å². The van der Waals surface area contributed by atoms with E-state index in [2.05, 4.69) is 5.32 Å². The minimum absolute atomic E-state index is 0.0177. The van der Waals surface area contributed by atoms with Crippen LogP contribution < -0.4 is 5.32 Å². The first-order chi connectivity index (χ1) is 18.9. The lowest BCUT2D eigenvalue weighted by atomic mass is 9.99. The zero-order chi connectivity index (χ0) is 29.2. The highest BCUT2D eigenvalue weighted by atomic mass is 35.5. The first-order valence-electron chi connectivity index (χ1n) is 12.3. The fourth-order valence-electron chi connectivity index (χ4n) is 4.46. The normalized spacial score (nSPS) is 11.9. The molecule has 1 aromatic heterocycles. The van der Waals surface area contributed by atoms with E-state index >= 15 is 0 Å². The van der Waals surface area contributed by atoms with Gasteiger partial charge in [-0.3, -0.25) is 4.79 Å². The van der Waals surface area contributed by atoms with E-state index in [9.17, 15) is 31.6 Å². The van der Waals surface area contributed by atoms with Gasteiger partial charge in [0.05, 0.1) is 27.8 Å². The molecule has 4 aromatic rings. The van der Waals surface area contributed by atoms with Crippen molar-refractivity contribution in [3.8, 4) is 6.07 Å². The molecule has 1 N–H and O–H groups in total. The highest BCUT2D eigenvalue weighted by Gasteiger charge is 2.34. The molecular weight excluding hydrogens is 565 g/mol. The van der Waals surface area contributed by atoms with Gasteiger partial charge in [0.2, 0.25) is 0 Å². The molecular formula is C29H24ClF3N2O4S. The van der Waals surface area contributed by atoms with E-state index in [0.717, 1.165) is 11.6 Å². The van der Waals surface area contributed by atoms with Crippen molar-refractivity contribution in [2.24, 2.45) is 0 Å². The third-order valence-electron chi connectivity index (χ3n) is 6.60. The summed E-state index contributed by atoms with van der Waals surface area (Å²) in [5, 5.41) is 12.9. The molecule has 4 rings (SSSR count). The van der Waals surface area contributed by atoms with Crippen LogP contribution in [0, 0.1) is 11.3 Å². The molecule has 0 spiro atoms. The number of nitrogens with one attached hydrogen (secondary N) is 1. The topological polar surface area (TPSA) is 100 Å². The average Bonchev–Trinajstić information content (AvgIpc) is 3.27. The predicted octanol–water partition coefficient (Wildman–Crippen LogP) is 6.85. The highest BCUT2D eigenvalue weighted by Crippen LogP contribution is 2.36. The Morgan fingerprint density at radius 2 is 1.77 bits per heavy atom. The summed E-state index contributed by atoms with van der Waals surface area (Å²) >= 11 is 5.81. The van der Waals surface area contributed by atoms with Crippen LogP contribution in [0.5, 0.6) is 0 Å². The van der Waals surface area contributed by atoms with E-state index in [1.165, 1.54) is 43.3 Å². The summed E-state index contributed by atoms with van der Waals surface area (Å²) in [4.78, 5) is 12.9. The van der Waals surface area contributed by atoms with E-state index in [4.69, 9.17) is 16.0 Å². The van der Waals surface area contributed by atoms with Gasteiger partial charge in [-0.1, -0.05) is 43.6 Å². The molecule has 0 radical (unpaired) electrons. The van der Waals surface area contributed by atoms with Crippen LogP contribution in [0.1, 0.15) is 57.8 Å². The molecule has 0 atom stereocenters. The number of hydrogen-bond acceptors (Lipinski definition) is 5. The Morgan fingerprint density at radius 3 is 2.42 bits per heavy atom. The van der Waals surface area contributed by atoms with E-state index in [1.807, 2.05) is 13.0 Å². The number of benzene rings is 3. The summed E-state index contributed by atoms with van der Waals surface area (Å²) in [6, 6.07) is 14.5. The molecule has 3 aromatic carbocycles. The van der Waals surface area contributed by atoms with Gasteiger partial charge in [0.15, 0.2) is 9.84 Å². The number of rotatable bonds is 8. The second-order valence-electron chi connectivity index (χ2n) is 9.06. The highest BCUT2D eigenvalue weighted by molar-refractivity contribution is 7.91. The number of nitrogens with zero attached hydrogens (tertiary/aromatic N) is 1. The monoisotopic (exact) mass is 588 g/mol. The van der Waals surface area contributed by atoms with E-state index < -0.39 is 27.5 Å². The molecule has 6 nitrogen and oxygen atoms in total. The van der Waals surface area contributed by atoms with Crippen molar-refractivity contribution in [3.63, 3.8) is 0 Å². The van der Waals surface area contributed by atoms with Crippen LogP contribution in [0.3, 0.4) is 0 Å². The van der Waals surface area contributed by atoms with Crippen LogP contribution in [0.25, 0.3) is 11.0 Å². The van der Waals surface area contributed by atoms with Gasteiger partial charge in [-0.15, -0.1) is 0 Å². The smallest absolute Gasteiger partial charge is 0.416 e. The largest absolute Gasteiger partial charge is 0.460 e. The molecule has 0 fully saturated rings. The molecule has 0 saturated carbocycles. The maximum Gasteiger partial charge on any atom is 0.416 e. The summed E-state index contributed by atoms with van der Waals surface area (Å²) in [5.41, 5.74) is 1.12. The molecule has 208 valence electrons. The van der Waals surface area contributed by atoms with Crippen LogP contribution in [0.4, 0.5) is 13.2 Å². The number of carbonyl (C=O) groups excluding carboxylic acids is 1. The average molecular weight is 589 g/mol. The molecule has 0 aliphatic carbocycles. The number of nitriles is 1. The summed E-state index contributed by atoms with van der Waals surface area (Å²) in [6.45, 7) is 3.35. The number of aryl methyl sites for hydroxylation is 1. The van der Waals surface area contributed by atoms with Gasteiger partial charge in [-0.2, -0.15) is 18.4 Å². The van der Waals surface area contributed by atoms with Gasteiger partial charge in [0.1, 0.15) is 11.3 Å². The van der Waals surface area contributed by atoms with Gasteiger partial charge >= 0.3 is 6.18 Å². The number of carbonyl (C=O) groups is 1. The lowest BCUT2D eigenvalue weighted by Crippen LogP contribution is -2.23. The Kier molecular flexibility index (Phi) is 8.28. The zero-order valence-electron chi connectivity index (χ0n) is 21.5. The maximum absolute atomic E-state index is 13.6. The van der Waals surface area contributed by atoms with E-state index in [-0.39, 0.29) is 45.3 Å². The number of fused-ring (bicyclic) bond motifs is 1. The van der Waals surface area contributed by atoms with Crippen LogP contribution in [-0.2, 0) is 35.4 Å². The molecule has 11 heteroatoms. The Morgan fingerprint density at radius 1 is 1.05 bits per heavy atom. The molecule has 40 heavy (non-hydrogen) atoms. The van der Waals surface area contributed by atoms with Crippen molar-refractivity contribution in [3.05, 3.63) is 98.8 Å². The summed E-state index contributed by atoms with van der Waals surface area (Å²) < 4.78 is 71.0. The molecule has 0 bridgehead atoms. The van der Waals surface area contributed by atoms with Crippen molar-refractivity contribution in [1.82, 2.24) is 5.32 Å². The number of amides is 1. The third-order valence-corrected chi connectivity index (χ3v) is 8.57. The molecule has 0 saturated heterocycles. The third kappa shape index (κ3) is 6.01. The predicted molar refractivity (Wildman–Crippen MR) is 145 cm³/mol. The van der Waals surface area contributed by atoms with Crippen LogP contribution >= 0.6 is 11.6 Å². The molecule has 1 heterocycles. The lowest BCUT2D eigenvalue weighted by molar-refractivity contribution is -0.138. The van der Waals surface area contributed by atoms with Gasteiger partial charge in [-0.05, 0) is 53.9 Å². The number of furan rings is 1. The van der Waals surface area contributed by atoms with Crippen molar-refractivity contribution in [2.75, 3.05) is 5.75 Å². The molecule has 1 amide bonds. The number of sulfone groups is 1. The summed E-state index contributed by atoms with van der Waals surface area (Å²) in [7, 11) is -3.49. The second kappa shape index (κ2) is 11.4. The summed E-state index contributed by atoms with van der Waals surface area (Å²) in [6.07, 6.45) is -4.19. The first-order valence-corrected chi connectivity index (χ1v) is 14.3. The molecule has 0 aliphatic rings. The van der Waals surface area contributed by atoms with Gasteiger partial charge in [0, 0.05) is 34.5 Å². The van der Waals surface area contributed by atoms with Crippen LogP contribution in [0.15, 0.2) is 63.9 Å². The number of hydrogen-bond donors (Lipinski definition) is 1. The standard InChI is InChI=1S/C29H24ClF3N2O4S/c1-3-23-24-10-7-18(28(36)35-16-19-6-9-22(11-20(19)15-34)40(37,38)4-2)13-27(24)39-26(23)12-17-5-8-21(30)14-25(17)29(31,32)33/h5-11,13-14H,3-4,12,16H2,1-2H3,(H,35,36). The minimum atomic E-state index is -4.58. The molecule has 0 unspecified atom stereocenters. The Hall–Kier alpha value is -3.81. The first kappa shape index (κ1) is 29.2. The van der Waals surface area contributed by atoms with Crippen LogP contribution in [-0.4, -0.2) is 20.1 Å². The van der Waals surface area contributed by atoms with E-state index in [0.29, 0.717) is 28.7 Å². The fraction of sp³-hybridized carbons (Fsp3) is 0.241. The number of halogens is 4. The van der Waals surface area contributed by atoms with Crippen LogP contribution in [0.2, 0.25) is 5.02 Å². The van der Waals surface area contributed by atoms with Crippen molar-refractivity contribution in [1.29, 1.82) is 5.26 Å². The van der Waals surface area contributed by atoms with Crippen molar-refractivity contribution >= 4 is 38.3 Å². The molecule has 0 aliphatic heterocycles. The lowest BCUT2D eigenvalue weighted by Gasteiger charge is -2.13. The van der Waals surface area contributed by atoms with E-state index in [1.54, 1.807) is 12.1 Å². The van der Waals surface area contributed by atoms with Gasteiger partial charge in [-0.25, -0.2) is 8.42 Å². The zero-order valence-corrected chi connectivity index (χ0v) is 23.1. The Bertz CT molecular complexity index is 1760.